The van der Waals surface area contributed by atoms with E-state index < -0.39 is 26.6 Å². The molecule has 1 aromatic rings. The molecule has 0 bridgehead atoms. The lowest BCUT2D eigenvalue weighted by molar-refractivity contribution is 0.389. The zero-order valence-electron chi connectivity index (χ0n) is 11.0. The van der Waals surface area contributed by atoms with Gasteiger partial charge in [0, 0.05) is 25.4 Å². The minimum atomic E-state index is -4.06. The van der Waals surface area contributed by atoms with Crippen LogP contribution in [0.5, 0.6) is 0 Å². The van der Waals surface area contributed by atoms with Gasteiger partial charge < -0.3 is 5.73 Å². The molecule has 2 rings (SSSR count). The zero-order chi connectivity index (χ0) is 14.9. The van der Waals surface area contributed by atoms with E-state index in [9.17, 15) is 17.2 Å². The quantitative estimate of drug-likeness (QED) is 0.913. The van der Waals surface area contributed by atoms with Crippen LogP contribution in [-0.2, 0) is 16.6 Å². The lowest BCUT2D eigenvalue weighted by Gasteiger charge is -2.23. The minimum absolute atomic E-state index is 0.0529. The molecule has 1 aliphatic heterocycles. The van der Waals surface area contributed by atoms with Crippen molar-refractivity contribution in [1.82, 2.24) is 4.31 Å². The Morgan fingerprint density at radius 3 is 2.70 bits per heavy atom. The van der Waals surface area contributed by atoms with Crippen LogP contribution in [0, 0.1) is 11.6 Å². The fourth-order valence-electron chi connectivity index (χ4n) is 2.08. The fraction of sp³-hybridized carbons (Fsp3) is 0.500. The van der Waals surface area contributed by atoms with Crippen molar-refractivity contribution in [1.29, 1.82) is 0 Å². The number of hydrogen-bond acceptors (Lipinski definition) is 4. The minimum Gasteiger partial charge on any atom is -0.326 e. The molecule has 1 aromatic carbocycles. The molecule has 0 aliphatic carbocycles. The summed E-state index contributed by atoms with van der Waals surface area (Å²) in [5, 5.41) is 0. The highest BCUT2D eigenvalue weighted by Gasteiger charge is 2.33. The number of halogens is 2. The monoisotopic (exact) mass is 322 g/mol. The summed E-state index contributed by atoms with van der Waals surface area (Å²) >= 11 is 1.64. The zero-order valence-corrected chi connectivity index (χ0v) is 12.6. The van der Waals surface area contributed by atoms with Gasteiger partial charge in [-0.2, -0.15) is 16.1 Å². The summed E-state index contributed by atoms with van der Waals surface area (Å²) in [7, 11) is -2.66. The molecule has 1 atom stereocenters. The van der Waals surface area contributed by atoms with Crippen LogP contribution >= 0.6 is 11.8 Å². The van der Waals surface area contributed by atoms with Gasteiger partial charge in [0.15, 0.2) is 11.6 Å². The number of rotatable bonds is 4. The predicted molar refractivity (Wildman–Crippen MR) is 74.9 cm³/mol. The van der Waals surface area contributed by atoms with Crippen LogP contribution in [0.3, 0.4) is 0 Å². The molecular formula is C12H16F2N2O2S2. The van der Waals surface area contributed by atoms with E-state index in [0.717, 1.165) is 22.2 Å². The van der Waals surface area contributed by atoms with E-state index in [-0.39, 0.29) is 18.2 Å². The average molecular weight is 322 g/mol. The number of thioether (sulfide) groups is 1. The van der Waals surface area contributed by atoms with E-state index in [2.05, 4.69) is 0 Å². The second kappa shape index (κ2) is 5.97. The van der Waals surface area contributed by atoms with Gasteiger partial charge in [-0.25, -0.2) is 17.2 Å². The summed E-state index contributed by atoms with van der Waals surface area (Å²) < 4.78 is 53.3. The van der Waals surface area contributed by atoms with Gasteiger partial charge in [-0.15, -0.1) is 0 Å². The summed E-state index contributed by atoms with van der Waals surface area (Å²) in [4.78, 5) is -0.641. The summed E-state index contributed by atoms with van der Waals surface area (Å²) in [5.74, 6) is -1.01. The molecule has 0 spiro atoms. The Balaban J connectivity index is 2.45. The molecule has 1 aliphatic rings. The fourth-order valence-corrected chi connectivity index (χ4v) is 4.95. The summed E-state index contributed by atoms with van der Waals surface area (Å²) in [6.07, 6.45) is 0.709. The molecule has 4 nitrogen and oxygen atoms in total. The van der Waals surface area contributed by atoms with Crippen molar-refractivity contribution in [3.05, 3.63) is 29.3 Å². The Kier molecular flexibility index (Phi) is 4.68. The number of benzene rings is 1. The molecule has 1 saturated heterocycles. The topological polar surface area (TPSA) is 63.4 Å². The molecule has 0 saturated carbocycles. The Labute approximate surface area is 121 Å². The van der Waals surface area contributed by atoms with Gasteiger partial charge in [0.05, 0.1) is 0 Å². The molecule has 1 heterocycles. The maximum absolute atomic E-state index is 13.8. The van der Waals surface area contributed by atoms with E-state index >= 15 is 0 Å². The highest BCUT2D eigenvalue weighted by atomic mass is 32.2. The number of nitrogens with zero attached hydrogens (tertiary/aromatic N) is 1. The number of sulfonamides is 1. The van der Waals surface area contributed by atoms with Crippen molar-refractivity contribution in [3.8, 4) is 0 Å². The van der Waals surface area contributed by atoms with Crippen molar-refractivity contribution in [3.63, 3.8) is 0 Å². The van der Waals surface area contributed by atoms with Gasteiger partial charge in [-0.3, -0.25) is 0 Å². The maximum atomic E-state index is 13.8. The van der Waals surface area contributed by atoms with Crippen LogP contribution in [-0.4, -0.2) is 37.3 Å². The Bertz CT molecular complexity index is 602. The van der Waals surface area contributed by atoms with E-state index in [1.807, 2.05) is 0 Å². The first-order valence-corrected chi connectivity index (χ1v) is 8.71. The van der Waals surface area contributed by atoms with Crippen molar-refractivity contribution in [2.45, 2.75) is 23.9 Å². The molecule has 0 aromatic heterocycles. The standard InChI is InChI=1S/C12H16F2N2O2S2/c1-16(9-2-3-19-7-9)20(17,18)11-5-8(6-15)4-10(13)12(11)14/h4-5,9H,2-3,6-7,15H2,1H3. The van der Waals surface area contributed by atoms with Crippen LogP contribution in [0.15, 0.2) is 17.0 Å². The van der Waals surface area contributed by atoms with E-state index in [1.54, 1.807) is 11.8 Å². The van der Waals surface area contributed by atoms with Crippen molar-refractivity contribution in [2.24, 2.45) is 5.73 Å². The molecule has 1 unspecified atom stereocenters. The lowest BCUT2D eigenvalue weighted by atomic mass is 10.2. The Morgan fingerprint density at radius 2 is 2.15 bits per heavy atom. The SMILES string of the molecule is CN(C1CCSC1)S(=O)(=O)c1cc(CN)cc(F)c1F. The van der Waals surface area contributed by atoms with Crippen LogP contribution in [0.1, 0.15) is 12.0 Å². The van der Waals surface area contributed by atoms with Crippen LogP contribution in [0.4, 0.5) is 8.78 Å². The summed E-state index contributed by atoms with van der Waals surface area (Å²) in [6.45, 7) is -0.0529. The van der Waals surface area contributed by atoms with Crippen LogP contribution in [0.2, 0.25) is 0 Å². The number of hydrogen-bond donors (Lipinski definition) is 1. The molecule has 1 fully saturated rings. The van der Waals surface area contributed by atoms with Crippen molar-refractivity contribution in [2.75, 3.05) is 18.6 Å². The first-order valence-electron chi connectivity index (χ1n) is 6.11. The predicted octanol–water partition coefficient (Wildman–Crippen LogP) is 1.55. The van der Waals surface area contributed by atoms with Gasteiger partial charge in [0.25, 0.3) is 0 Å². The Hall–Kier alpha value is -0.700. The van der Waals surface area contributed by atoms with E-state index in [4.69, 9.17) is 5.73 Å². The third-order valence-corrected chi connectivity index (χ3v) is 6.42. The number of nitrogens with two attached hydrogens (primary N) is 1. The third kappa shape index (κ3) is 2.83. The lowest BCUT2D eigenvalue weighted by Crippen LogP contribution is -2.37. The van der Waals surface area contributed by atoms with Gasteiger partial charge in [0.2, 0.25) is 10.0 Å². The maximum Gasteiger partial charge on any atom is 0.246 e. The molecule has 20 heavy (non-hydrogen) atoms. The van der Waals surface area contributed by atoms with E-state index in [0.29, 0.717) is 12.2 Å². The van der Waals surface area contributed by atoms with Gasteiger partial charge in [-0.1, -0.05) is 0 Å². The molecule has 2 N–H and O–H groups in total. The smallest absolute Gasteiger partial charge is 0.246 e. The molecule has 0 radical (unpaired) electrons. The van der Waals surface area contributed by atoms with Gasteiger partial charge in [0.1, 0.15) is 4.90 Å². The van der Waals surface area contributed by atoms with Gasteiger partial charge in [-0.05, 0) is 29.9 Å². The first kappa shape index (κ1) is 15.7. The molecule has 0 amide bonds. The Morgan fingerprint density at radius 1 is 1.45 bits per heavy atom. The third-order valence-electron chi connectivity index (χ3n) is 3.37. The van der Waals surface area contributed by atoms with Crippen LogP contribution < -0.4 is 5.73 Å². The molecular weight excluding hydrogens is 306 g/mol. The first-order chi connectivity index (χ1) is 9.37. The van der Waals surface area contributed by atoms with Crippen molar-refractivity contribution >= 4 is 21.8 Å². The van der Waals surface area contributed by atoms with Gasteiger partial charge >= 0.3 is 0 Å². The second-order valence-corrected chi connectivity index (χ2v) is 7.75. The largest absolute Gasteiger partial charge is 0.326 e. The van der Waals surface area contributed by atoms with Crippen molar-refractivity contribution < 1.29 is 17.2 Å². The van der Waals surface area contributed by atoms with Crippen LogP contribution in [0.25, 0.3) is 0 Å². The highest BCUT2D eigenvalue weighted by molar-refractivity contribution is 7.99. The van der Waals surface area contributed by atoms with E-state index in [1.165, 1.54) is 7.05 Å². The average Bonchev–Trinajstić information content (AvgIpc) is 2.94. The summed E-state index contributed by atoms with van der Waals surface area (Å²) in [5.41, 5.74) is 5.63. The second-order valence-electron chi connectivity index (χ2n) is 4.63. The highest BCUT2D eigenvalue weighted by Crippen LogP contribution is 2.28. The normalized spacial score (nSPS) is 19.8. The summed E-state index contributed by atoms with van der Waals surface area (Å²) in [6, 6.07) is 1.83. The molecule has 112 valence electrons. The molecule has 8 heteroatoms.